The van der Waals surface area contributed by atoms with Gasteiger partial charge in [0.2, 0.25) is 0 Å². The van der Waals surface area contributed by atoms with Gasteiger partial charge in [-0.05, 0) is 48.1 Å². The second-order valence-electron chi connectivity index (χ2n) is 4.59. The first-order chi connectivity index (χ1) is 8.76. The molecule has 0 saturated carbocycles. The summed E-state index contributed by atoms with van der Waals surface area (Å²) in [4.78, 5) is 2.46. The second kappa shape index (κ2) is 6.70. The molecule has 0 spiro atoms. The highest BCUT2D eigenvalue weighted by Crippen LogP contribution is 2.31. The smallest absolute Gasteiger partial charge is 0.169 e. The predicted molar refractivity (Wildman–Crippen MR) is 74.7 cm³/mol. The fraction of sp³-hybridized carbons (Fsp3) is 0.692. The summed E-state index contributed by atoms with van der Waals surface area (Å²) in [5, 5.41) is 3.20. The van der Waals surface area contributed by atoms with Gasteiger partial charge in [0.05, 0.1) is 18.8 Å². The molecule has 2 atom stereocenters. The van der Waals surface area contributed by atoms with E-state index in [1.165, 1.54) is 0 Å². The number of rotatable bonds is 5. The van der Waals surface area contributed by atoms with E-state index < -0.39 is 0 Å². The number of nitrogens with one attached hydrogen (secondary N) is 1. The highest BCUT2D eigenvalue weighted by molar-refractivity contribution is 9.10. The molecule has 2 heterocycles. The fourth-order valence-electron chi connectivity index (χ4n) is 2.55. The number of ether oxygens (including phenoxy) is 1. The normalized spacial score (nSPS) is 25.5. The van der Waals surface area contributed by atoms with E-state index in [4.69, 9.17) is 9.15 Å². The zero-order valence-electron chi connectivity index (χ0n) is 11.0. The predicted octanol–water partition coefficient (Wildman–Crippen LogP) is 2.41. The lowest BCUT2D eigenvalue weighted by Gasteiger charge is -2.40. The molecule has 0 amide bonds. The van der Waals surface area contributed by atoms with E-state index in [9.17, 15) is 0 Å². The second-order valence-corrected chi connectivity index (χ2v) is 5.37. The highest BCUT2D eigenvalue weighted by Gasteiger charge is 2.34. The maximum absolute atomic E-state index is 5.89. The first kappa shape index (κ1) is 14.1. The highest BCUT2D eigenvalue weighted by atomic mass is 79.9. The van der Waals surface area contributed by atoms with Crippen LogP contribution in [0.25, 0.3) is 0 Å². The molecule has 102 valence electrons. The van der Waals surface area contributed by atoms with Crippen LogP contribution in [0.2, 0.25) is 0 Å². The average Bonchev–Trinajstić information content (AvgIpc) is 2.77. The van der Waals surface area contributed by atoms with Crippen molar-refractivity contribution in [3.63, 3.8) is 0 Å². The summed E-state index contributed by atoms with van der Waals surface area (Å²) in [5.74, 6) is 0.982. The van der Waals surface area contributed by atoms with Crippen molar-refractivity contribution in [3.8, 4) is 0 Å². The molecule has 2 unspecified atom stereocenters. The van der Waals surface area contributed by atoms with Gasteiger partial charge in [-0.15, -0.1) is 0 Å². The summed E-state index contributed by atoms with van der Waals surface area (Å²) in [6, 6.07) is 4.19. The van der Waals surface area contributed by atoms with Crippen molar-refractivity contribution in [2.75, 3.05) is 33.3 Å². The van der Waals surface area contributed by atoms with E-state index in [0.717, 1.165) is 43.1 Å². The average molecular weight is 317 g/mol. The van der Waals surface area contributed by atoms with Gasteiger partial charge < -0.3 is 14.5 Å². The van der Waals surface area contributed by atoms with Crippen molar-refractivity contribution in [3.05, 3.63) is 22.6 Å². The molecule has 0 radical (unpaired) electrons. The van der Waals surface area contributed by atoms with Crippen molar-refractivity contribution in [2.45, 2.75) is 25.5 Å². The van der Waals surface area contributed by atoms with Gasteiger partial charge in [0.15, 0.2) is 4.67 Å². The van der Waals surface area contributed by atoms with Gasteiger partial charge in [-0.1, -0.05) is 6.92 Å². The number of hydrogen-bond acceptors (Lipinski definition) is 4. The summed E-state index contributed by atoms with van der Waals surface area (Å²) >= 11 is 3.37. The van der Waals surface area contributed by atoms with Crippen LogP contribution in [0.4, 0.5) is 0 Å². The lowest BCUT2D eigenvalue weighted by molar-refractivity contribution is -0.0768. The number of furan rings is 1. The molecule has 1 aromatic rings. The van der Waals surface area contributed by atoms with Crippen LogP contribution in [0.5, 0.6) is 0 Å². The van der Waals surface area contributed by atoms with Crippen LogP contribution < -0.4 is 5.32 Å². The SMILES string of the molecule is CCCN1CCOC(CNC)C1c1ccc(Br)o1. The summed E-state index contributed by atoms with van der Waals surface area (Å²) in [6.07, 6.45) is 1.29. The van der Waals surface area contributed by atoms with Crippen LogP contribution in [0.1, 0.15) is 25.1 Å². The molecular formula is C13H21BrN2O2. The van der Waals surface area contributed by atoms with Gasteiger partial charge in [0.1, 0.15) is 5.76 Å². The number of hydrogen-bond donors (Lipinski definition) is 1. The lowest BCUT2D eigenvalue weighted by atomic mass is 10.0. The molecule has 0 bridgehead atoms. The maximum atomic E-state index is 5.89. The third kappa shape index (κ3) is 3.15. The fourth-order valence-corrected chi connectivity index (χ4v) is 2.87. The Morgan fingerprint density at radius 2 is 2.33 bits per heavy atom. The molecule has 0 aliphatic carbocycles. The van der Waals surface area contributed by atoms with Crippen molar-refractivity contribution in [1.82, 2.24) is 10.2 Å². The molecule has 1 N–H and O–H groups in total. The topological polar surface area (TPSA) is 37.6 Å². The Bertz CT molecular complexity index is 352. The standard InChI is InChI=1S/C13H21BrN2O2/c1-3-6-16-7-8-17-11(9-15-2)13(16)10-4-5-12(14)18-10/h4-5,11,13,15H,3,6-9H2,1-2H3. The van der Waals surface area contributed by atoms with Gasteiger partial charge in [-0.2, -0.15) is 0 Å². The number of halogens is 1. The summed E-state index contributed by atoms with van der Waals surface area (Å²) in [6.45, 7) is 5.88. The van der Waals surface area contributed by atoms with Gasteiger partial charge in [-0.25, -0.2) is 0 Å². The van der Waals surface area contributed by atoms with E-state index in [-0.39, 0.29) is 12.1 Å². The Morgan fingerprint density at radius 3 is 2.94 bits per heavy atom. The molecule has 1 saturated heterocycles. The van der Waals surface area contributed by atoms with E-state index in [1.807, 2.05) is 19.2 Å². The third-order valence-electron chi connectivity index (χ3n) is 3.26. The zero-order chi connectivity index (χ0) is 13.0. The summed E-state index contributed by atoms with van der Waals surface area (Å²) < 4.78 is 12.4. The quantitative estimate of drug-likeness (QED) is 0.905. The summed E-state index contributed by atoms with van der Waals surface area (Å²) in [7, 11) is 1.96. The lowest BCUT2D eigenvalue weighted by Crippen LogP contribution is -2.48. The monoisotopic (exact) mass is 316 g/mol. The van der Waals surface area contributed by atoms with Gasteiger partial charge in [0.25, 0.3) is 0 Å². The summed E-state index contributed by atoms with van der Waals surface area (Å²) in [5.41, 5.74) is 0. The molecule has 2 rings (SSSR count). The minimum atomic E-state index is 0.147. The van der Waals surface area contributed by atoms with Crippen LogP contribution in [0, 0.1) is 0 Å². The Kier molecular flexibility index (Phi) is 5.24. The van der Waals surface area contributed by atoms with E-state index in [2.05, 4.69) is 33.1 Å². The first-order valence-corrected chi connectivity index (χ1v) is 7.31. The van der Waals surface area contributed by atoms with Crippen molar-refractivity contribution >= 4 is 15.9 Å². The molecular weight excluding hydrogens is 296 g/mol. The van der Waals surface area contributed by atoms with Gasteiger partial charge in [0, 0.05) is 13.1 Å². The van der Waals surface area contributed by atoms with Crippen LogP contribution >= 0.6 is 15.9 Å². The number of morpholine rings is 1. The van der Waals surface area contributed by atoms with Crippen LogP contribution in [0.15, 0.2) is 21.2 Å². The number of likely N-dealkylation sites (N-methyl/N-ethyl adjacent to an activating group) is 1. The molecule has 5 heteroatoms. The zero-order valence-corrected chi connectivity index (χ0v) is 12.6. The molecule has 4 nitrogen and oxygen atoms in total. The molecule has 1 aliphatic rings. The minimum absolute atomic E-state index is 0.147. The van der Waals surface area contributed by atoms with E-state index >= 15 is 0 Å². The van der Waals surface area contributed by atoms with Gasteiger partial charge >= 0.3 is 0 Å². The van der Waals surface area contributed by atoms with Crippen molar-refractivity contribution < 1.29 is 9.15 Å². The van der Waals surface area contributed by atoms with Crippen LogP contribution in [-0.2, 0) is 4.74 Å². The molecule has 18 heavy (non-hydrogen) atoms. The molecule has 1 fully saturated rings. The van der Waals surface area contributed by atoms with Crippen LogP contribution in [-0.4, -0.2) is 44.3 Å². The minimum Gasteiger partial charge on any atom is -0.453 e. The maximum Gasteiger partial charge on any atom is 0.169 e. The van der Waals surface area contributed by atoms with Gasteiger partial charge in [-0.3, -0.25) is 4.90 Å². The Labute approximate surface area is 117 Å². The number of nitrogens with zero attached hydrogens (tertiary/aromatic N) is 1. The van der Waals surface area contributed by atoms with Crippen molar-refractivity contribution in [1.29, 1.82) is 0 Å². The van der Waals surface area contributed by atoms with E-state index in [0.29, 0.717) is 0 Å². The molecule has 1 aromatic heterocycles. The Balaban J connectivity index is 2.20. The van der Waals surface area contributed by atoms with Crippen LogP contribution in [0.3, 0.4) is 0 Å². The van der Waals surface area contributed by atoms with Crippen molar-refractivity contribution in [2.24, 2.45) is 0 Å². The largest absolute Gasteiger partial charge is 0.453 e. The van der Waals surface area contributed by atoms with E-state index in [1.54, 1.807) is 0 Å². The Morgan fingerprint density at radius 1 is 1.50 bits per heavy atom. The first-order valence-electron chi connectivity index (χ1n) is 6.51. The molecule has 0 aromatic carbocycles. The Hall–Kier alpha value is -0.360. The molecule has 1 aliphatic heterocycles. The third-order valence-corrected chi connectivity index (χ3v) is 3.68.